The normalized spacial score (nSPS) is 15.2. The molecule has 0 saturated carbocycles. The van der Waals surface area contributed by atoms with Crippen LogP contribution in [0.25, 0.3) is 0 Å². The van der Waals surface area contributed by atoms with Crippen molar-refractivity contribution in [2.24, 2.45) is 0 Å². The standard InChI is InChI=1S/C23H38N2O4/c1-3-5-6-11-17-28-22-13-8-7-12-21(22)24-23(26)29-20(19-27-16-4-2)18-25-14-9-10-15-25/h7-8,12-13,20H,3-6,9-11,14-19H2,1-2H3,(H,24,26). The number of hydrogen-bond acceptors (Lipinski definition) is 5. The van der Waals surface area contributed by atoms with Crippen molar-refractivity contribution in [1.82, 2.24) is 4.90 Å². The van der Waals surface area contributed by atoms with Crippen LogP contribution in [0, 0.1) is 0 Å². The molecule has 1 aromatic rings. The lowest BCUT2D eigenvalue weighted by Crippen LogP contribution is -2.37. The number of para-hydroxylation sites is 2. The summed E-state index contributed by atoms with van der Waals surface area (Å²) in [6.07, 6.45) is 7.21. The number of rotatable bonds is 14. The minimum Gasteiger partial charge on any atom is -0.491 e. The van der Waals surface area contributed by atoms with Crippen LogP contribution in [0.15, 0.2) is 24.3 Å². The van der Waals surface area contributed by atoms with Crippen LogP contribution in [0.2, 0.25) is 0 Å². The van der Waals surface area contributed by atoms with Gasteiger partial charge in [-0.2, -0.15) is 0 Å². The number of anilines is 1. The third kappa shape index (κ3) is 9.50. The Kier molecular flexibility index (Phi) is 11.5. The number of carbonyl (C=O) groups excluding carboxylic acids is 1. The summed E-state index contributed by atoms with van der Waals surface area (Å²) >= 11 is 0. The zero-order valence-electron chi connectivity index (χ0n) is 18.2. The van der Waals surface area contributed by atoms with E-state index in [-0.39, 0.29) is 6.10 Å². The SMILES string of the molecule is CCCCCCOc1ccccc1NC(=O)OC(COCCC)CN1CCCC1. The number of carbonyl (C=O) groups is 1. The molecule has 1 heterocycles. The van der Waals surface area contributed by atoms with Gasteiger partial charge in [-0.15, -0.1) is 0 Å². The van der Waals surface area contributed by atoms with Gasteiger partial charge in [0.1, 0.15) is 11.9 Å². The second-order valence-corrected chi connectivity index (χ2v) is 7.64. The number of likely N-dealkylation sites (tertiary alicyclic amines) is 1. The molecule has 6 nitrogen and oxygen atoms in total. The summed E-state index contributed by atoms with van der Waals surface area (Å²) in [5, 5.41) is 2.85. The Bertz CT molecular complexity index is 576. The van der Waals surface area contributed by atoms with Crippen LogP contribution in [-0.4, -0.2) is 56.6 Å². The molecular weight excluding hydrogens is 368 g/mol. The van der Waals surface area contributed by atoms with Gasteiger partial charge < -0.3 is 14.2 Å². The van der Waals surface area contributed by atoms with Gasteiger partial charge in [0.05, 0.1) is 18.9 Å². The minimum absolute atomic E-state index is 0.276. The topological polar surface area (TPSA) is 60.0 Å². The van der Waals surface area contributed by atoms with Crippen LogP contribution >= 0.6 is 0 Å². The first-order valence-electron chi connectivity index (χ1n) is 11.2. The van der Waals surface area contributed by atoms with Crippen LogP contribution in [-0.2, 0) is 9.47 Å². The lowest BCUT2D eigenvalue weighted by atomic mass is 10.2. The van der Waals surface area contributed by atoms with Crippen molar-refractivity contribution in [3.8, 4) is 5.75 Å². The first-order chi connectivity index (χ1) is 14.2. The zero-order valence-corrected chi connectivity index (χ0v) is 18.2. The molecule has 0 aliphatic carbocycles. The lowest BCUT2D eigenvalue weighted by Gasteiger charge is -2.24. The molecule has 1 N–H and O–H groups in total. The molecule has 29 heavy (non-hydrogen) atoms. The van der Waals surface area contributed by atoms with E-state index in [1.165, 1.54) is 25.7 Å². The van der Waals surface area contributed by atoms with Gasteiger partial charge in [-0.05, 0) is 50.9 Å². The van der Waals surface area contributed by atoms with E-state index < -0.39 is 6.09 Å². The van der Waals surface area contributed by atoms with Crippen molar-refractivity contribution >= 4 is 11.8 Å². The predicted octanol–water partition coefficient (Wildman–Crippen LogP) is 5.09. The van der Waals surface area contributed by atoms with Crippen molar-refractivity contribution in [3.63, 3.8) is 0 Å². The molecule has 1 saturated heterocycles. The molecule has 164 valence electrons. The second kappa shape index (κ2) is 14.2. The third-order valence-electron chi connectivity index (χ3n) is 4.97. The summed E-state index contributed by atoms with van der Waals surface area (Å²) in [5.74, 6) is 0.680. The van der Waals surface area contributed by atoms with Gasteiger partial charge in [-0.25, -0.2) is 4.79 Å². The number of benzene rings is 1. The van der Waals surface area contributed by atoms with E-state index in [0.29, 0.717) is 37.8 Å². The molecule has 0 bridgehead atoms. The minimum atomic E-state index is -0.462. The maximum absolute atomic E-state index is 12.5. The molecule has 1 fully saturated rings. The molecule has 1 amide bonds. The van der Waals surface area contributed by atoms with Crippen molar-refractivity contribution in [2.45, 2.75) is 64.9 Å². The van der Waals surface area contributed by atoms with E-state index in [0.717, 1.165) is 32.4 Å². The predicted molar refractivity (Wildman–Crippen MR) is 117 cm³/mol. The summed E-state index contributed by atoms with van der Waals surface area (Å²) in [7, 11) is 0. The zero-order chi connectivity index (χ0) is 20.7. The van der Waals surface area contributed by atoms with Crippen molar-refractivity contribution < 1.29 is 19.0 Å². The molecule has 0 spiro atoms. The van der Waals surface area contributed by atoms with E-state index in [1.807, 2.05) is 24.3 Å². The fourth-order valence-corrected chi connectivity index (χ4v) is 3.43. The lowest BCUT2D eigenvalue weighted by molar-refractivity contribution is 0.0108. The molecule has 1 aliphatic rings. The Morgan fingerprint density at radius 3 is 2.62 bits per heavy atom. The first-order valence-corrected chi connectivity index (χ1v) is 11.2. The summed E-state index contributed by atoms with van der Waals surface area (Å²) < 4.78 is 17.2. The highest BCUT2D eigenvalue weighted by atomic mass is 16.6. The fraction of sp³-hybridized carbons (Fsp3) is 0.696. The molecule has 1 atom stereocenters. The summed E-state index contributed by atoms with van der Waals surface area (Å²) in [5.41, 5.74) is 0.641. The monoisotopic (exact) mass is 406 g/mol. The van der Waals surface area contributed by atoms with Crippen LogP contribution in [0.3, 0.4) is 0 Å². The highest BCUT2D eigenvalue weighted by Gasteiger charge is 2.21. The van der Waals surface area contributed by atoms with E-state index in [1.54, 1.807) is 0 Å². The molecule has 1 aromatic carbocycles. The number of nitrogens with zero attached hydrogens (tertiary/aromatic N) is 1. The number of amides is 1. The quantitative estimate of drug-likeness (QED) is 0.436. The van der Waals surface area contributed by atoms with Gasteiger partial charge in [-0.1, -0.05) is 45.2 Å². The Balaban J connectivity index is 1.85. The largest absolute Gasteiger partial charge is 0.491 e. The second-order valence-electron chi connectivity index (χ2n) is 7.64. The Labute approximate surface area is 175 Å². The molecule has 6 heteroatoms. The smallest absolute Gasteiger partial charge is 0.412 e. The average Bonchev–Trinajstić information content (AvgIpc) is 3.22. The number of ether oxygens (including phenoxy) is 3. The van der Waals surface area contributed by atoms with Crippen LogP contribution in [0.5, 0.6) is 5.75 Å². The summed E-state index contributed by atoms with van der Waals surface area (Å²) in [4.78, 5) is 14.9. The Morgan fingerprint density at radius 1 is 1.07 bits per heavy atom. The Morgan fingerprint density at radius 2 is 1.86 bits per heavy atom. The summed E-state index contributed by atoms with van der Waals surface area (Å²) in [6, 6.07) is 7.51. The number of hydrogen-bond donors (Lipinski definition) is 1. The van der Waals surface area contributed by atoms with Gasteiger partial charge in [0.25, 0.3) is 0 Å². The summed E-state index contributed by atoms with van der Waals surface area (Å²) in [6.45, 7) is 8.85. The molecular formula is C23H38N2O4. The van der Waals surface area contributed by atoms with Crippen molar-refractivity contribution in [2.75, 3.05) is 44.8 Å². The van der Waals surface area contributed by atoms with Crippen LogP contribution in [0.4, 0.5) is 10.5 Å². The van der Waals surface area contributed by atoms with Crippen molar-refractivity contribution in [3.05, 3.63) is 24.3 Å². The Hall–Kier alpha value is -1.79. The molecule has 0 aromatic heterocycles. The van der Waals surface area contributed by atoms with E-state index in [4.69, 9.17) is 14.2 Å². The van der Waals surface area contributed by atoms with Gasteiger partial charge >= 0.3 is 6.09 Å². The number of unbranched alkanes of at least 4 members (excludes halogenated alkanes) is 3. The highest BCUT2D eigenvalue weighted by molar-refractivity contribution is 5.86. The maximum atomic E-state index is 12.5. The van der Waals surface area contributed by atoms with Crippen molar-refractivity contribution in [1.29, 1.82) is 0 Å². The third-order valence-corrected chi connectivity index (χ3v) is 4.97. The average molecular weight is 407 g/mol. The molecule has 0 radical (unpaired) electrons. The highest BCUT2D eigenvalue weighted by Crippen LogP contribution is 2.24. The fourth-order valence-electron chi connectivity index (χ4n) is 3.43. The first kappa shape index (κ1) is 23.5. The van der Waals surface area contributed by atoms with E-state index in [9.17, 15) is 4.79 Å². The van der Waals surface area contributed by atoms with Gasteiger partial charge in [0.2, 0.25) is 0 Å². The maximum Gasteiger partial charge on any atom is 0.412 e. The molecule has 1 unspecified atom stereocenters. The van der Waals surface area contributed by atoms with E-state index >= 15 is 0 Å². The van der Waals surface area contributed by atoms with Crippen LogP contribution < -0.4 is 10.1 Å². The van der Waals surface area contributed by atoms with Gasteiger partial charge in [0.15, 0.2) is 0 Å². The van der Waals surface area contributed by atoms with Gasteiger partial charge in [0, 0.05) is 13.2 Å². The molecule has 1 aliphatic heterocycles. The van der Waals surface area contributed by atoms with Gasteiger partial charge in [-0.3, -0.25) is 10.2 Å². The van der Waals surface area contributed by atoms with E-state index in [2.05, 4.69) is 24.1 Å². The molecule has 2 rings (SSSR count). The van der Waals surface area contributed by atoms with Crippen LogP contribution in [0.1, 0.15) is 58.8 Å². The number of nitrogens with one attached hydrogen (secondary N) is 1.